The summed E-state index contributed by atoms with van der Waals surface area (Å²) in [4.78, 5) is 76.8. The molecule has 4 fully saturated rings. The largest absolute Gasteiger partial charge is 0.453 e. The van der Waals surface area contributed by atoms with Crippen LogP contribution >= 0.6 is 0 Å². The van der Waals surface area contributed by atoms with Gasteiger partial charge in [0.05, 0.1) is 43.5 Å². The maximum Gasteiger partial charge on any atom is 0.407 e. The standard InChI is InChI=1S/C46H55N9O6/c1-25(2)36(52-43(58)60-5)39(56)54-23-27-13-16-45(54,19-27)41-48-21-34(50-41)30-9-7-29(8-10-30)31-11-12-33(38-32(31)15-18-47-38)35-22-49-42(51-35)46-17-14-28(20-46)24-55(46)40(57)37(26(3)4)53-44(59)61-6/h7-12,15,18,21-22,25-28,36-37,47H,13-14,16-17,19-20,23-24H2,1-6H3,(H,48,50)(H,49,51)(H,52,58)(H,53,59). The molecule has 5 N–H and O–H groups in total. The second-order valence-corrected chi connectivity index (χ2v) is 18.2. The molecule has 61 heavy (non-hydrogen) atoms. The Bertz CT molecular complexity index is 2490. The average Bonchev–Trinajstić information content (AvgIpc) is 4.13. The Kier molecular flexibility index (Phi) is 10.2. The van der Waals surface area contributed by atoms with Crippen molar-refractivity contribution in [2.75, 3.05) is 27.3 Å². The minimum atomic E-state index is -0.702. The summed E-state index contributed by atoms with van der Waals surface area (Å²) in [6.45, 7) is 8.98. The molecule has 15 nitrogen and oxygen atoms in total. The first-order valence-corrected chi connectivity index (χ1v) is 21.5. The summed E-state index contributed by atoms with van der Waals surface area (Å²) < 4.78 is 9.68. The number of aromatic nitrogens is 5. The Morgan fingerprint density at radius 3 is 1.69 bits per heavy atom. The maximum atomic E-state index is 14.1. The summed E-state index contributed by atoms with van der Waals surface area (Å²) in [5, 5.41) is 6.59. The van der Waals surface area contributed by atoms with Crippen LogP contribution in [0.5, 0.6) is 0 Å². The quantitative estimate of drug-likeness (QED) is 0.0936. The molecule has 9 rings (SSSR count). The number of H-pyrrole nitrogens is 3. The van der Waals surface area contributed by atoms with E-state index in [2.05, 4.69) is 68.1 Å². The first-order chi connectivity index (χ1) is 29.3. The number of likely N-dealkylation sites (tertiary alicyclic amines) is 2. The van der Waals surface area contributed by atoms with Crippen molar-refractivity contribution in [1.29, 1.82) is 0 Å². The van der Waals surface area contributed by atoms with Crippen LogP contribution in [0, 0.1) is 23.7 Å². The average molecular weight is 830 g/mol. The maximum absolute atomic E-state index is 14.1. The van der Waals surface area contributed by atoms with Crippen molar-refractivity contribution in [3.05, 3.63) is 72.7 Å². The smallest absolute Gasteiger partial charge is 0.407 e. The molecule has 2 saturated heterocycles. The van der Waals surface area contributed by atoms with Gasteiger partial charge in [-0.3, -0.25) is 9.59 Å². The number of rotatable bonds is 11. The highest BCUT2D eigenvalue weighted by Gasteiger charge is 2.58. The van der Waals surface area contributed by atoms with Crippen molar-refractivity contribution in [3.63, 3.8) is 0 Å². The van der Waals surface area contributed by atoms with Crippen LogP contribution in [0.25, 0.3) is 44.5 Å². The molecule has 6 atom stereocenters. The molecule has 5 heterocycles. The van der Waals surface area contributed by atoms with Gasteiger partial charge in [-0.25, -0.2) is 19.6 Å². The zero-order valence-electron chi connectivity index (χ0n) is 35.6. The normalized spacial score (nSPS) is 23.9. The fourth-order valence-corrected chi connectivity index (χ4v) is 10.8. The van der Waals surface area contributed by atoms with Gasteiger partial charge in [-0.2, -0.15) is 0 Å². The van der Waals surface area contributed by atoms with Crippen molar-refractivity contribution in [2.24, 2.45) is 23.7 Å². The van der Waals surface area contributed by atoms with Gasteiger partial charge < -0.3 is 44.9 Å². The topological polar surface area (TPSA) is 190 Å². The number of ether oxygens (including phenoxy) is 2. The van der Waals surface area contributed by atoms with Crippen LogP contribution in [0.4, 0.5) is 9.59 Å². The number of piperidine rings is 2. The van der Waals surface area contributed by atoms with E-state index in [-0.39, 0.29) is 23.7 Å². The van der Waals surface area contributed by atoms with Gasteiger partial charge in [0.1, 0.15) is 34.8 Å². The van der Waals surface area contributed by atoms with Gasteiger partial charge in [-0.15, -0.1) is 0 Å². The first-order valence-electron chi connectivity index (χ1n) is 21.5. The Morgan fingerprint density at radius 1 is 0.689 bits per heavy atom. The van der Waals surface area contributed by atoms with Gasteiger partial charge in [0.2, 0.25) is 11.8 Å². The van der Waals surface area contributed by atoms with Crippen molar-refractivity contribution in [1.82, 2.24) is 45.4 Å². The zero-order chi connectivity index (χ0) is 42.8. The van der Waals surface area contributed by atoms with Gasteiger partial charge in [-0.1, -0.05) is 64.1 Å². The monoisotopic (exact) mass is 829 g/mol. The predicted molar refractivity (Wildman–Crippen MR) is 229 cm³/mol. The van der Waals surface area contributed by atoms with E-state index < -0.39 is 35.3 Å². The lowest BCUT2D eigenvalue weighted by molar-refractivity contribution is -0.141. The number of carbonyl (C=O) groups is 4. The Balaban J connectivity index is 0.950. The lowest BCUT2D eigenvalue weighted by Crippen LogP contribution is -2.56. The molecular weight excluding hydrogens is 775 g/mol. The number of alkyl carbamates (subject to hydrolysis) is 2. The third-order valence-corrected chi connectivity index (χ3v) is 14.0. The number of fused-ring (bicyclic) bond motifs is 5. The third kappa shape index (κ3) is 6.72. The number of imidazole rings is 2. The number of methoxy groups -OCH3 is 2. The van der Waals surface area contributed by atoms with E-state index in [4.69, 9.17) is 19.4 Å². The zero-order valence-corrected chi connectivity index (χ0v) is 35.6. The summed E-state index contributed by atoms with van der Waals surface area (Å²) in [7, 11) is 2.61. The number of carbonyl (C=O) groups excluding carboxylic acids is 4. The van der Waals surface area contributed by atoms with Crippen LogP contribution in [0.15, 0.2) is 61.1 Å². The summed E-state index contributed by atoms with van der Waals surface area (Å²) in [6.07, 6.45) is 9.76. The molecule has 15 heteroatoms. The number of benzene rings is 2. The SMILES string of the molecule is COC(=O)NC(C(=O)N1CC2CCC1(c1ncc(-c3ccc(-c4ccc(-c5cnc(C67CCC(CN6C(=O)C(NC(=O)OC)C(C)C)C7)[nH]5)c5[nH]ccc45)cc3)[nH]1)C2)C(C)C. The van der Waals surface area contributed by atoms with E-state index in [0.717, 1.165) is 94.7 Å². The fraction of sp³-hybridized carbons (Fsp3) is 0.478. The molecule has 2 aliphatic carbocycles. The fourth-order valence-electron chi connectivity index (χ4n) is 10.8. The van der Waals surface area contributed by atoms with Crippen molar-refractivity contribution >= 4 is 34.9 Å². The number of amides is 4. The van der Waals surface area contributed by atoms with E-state index in [0.29, 0.717) is 24.9 Å². The highest BCUT2D eigenvalue weighted by atomic mass is 16.5. The molecule has 4 amide bonds. The second-order valence-electron chi connectivity index (χ2n) is 18.2. The van der Waals surface area contributed by atoms with Crippen molar-refractivity contribution in [3.8, 4) is 33.6 Å². The molecule has 320 valence electrons. The van der Waals surface area contributed by atoms with Gasteiger partial charge in [0.15, 0.2) is 0 Å². The van der Waals surface area contributed by atoms with E-state index in [1.807, 2.05) is 56.1 Å². The molecule has 6 unspecified atom stereocenters. The number of hydrogen-bond acceptors (Lipinski definition) is 8. The second kappa shape index (κ2) is 15.4. The molecule has 0 radical (unpaired) electrons. The highest BCUT2D eigenvalue weighted by Crippen LogP contribution is 2.54. The van der Waals surface area contributed by atoms with Crippen LogP contribution in [0.3, 0.4) is 0 Å². The summed E-state index contributed by atoms with van der Waals surface area (Å²) in [5.74, 6) is 1.87. The molecular formula is C46H55N9O6. The minimum Gasteiger partial charge on any atom is -0.453 e. The molecule has 4 bridgehead atoms. The first kappa shape index (κ1) is 40.3. The molecule has 0 spiro atoms. The lowest BCUT2D eigenvalue weighted by atomic mass is 9.93. The molecule has 5 aromatic rings. The van der Waals surface area contributed by atoms with E-state index in [1.165, 1.54) is 14.2 Å². The minimum absolute atomic E-state index is 0.106. The highest BCUT2D eigenvalue weighted by molar-refractivity contribution is 6.02. The Morgan fingerprint density at radius 2 is 1.18 bits per heavy atom. The lowest BCUT2D eigenvalue weighted by Gasteiger charge is -2.40. The summed E-state index contributed by atoms with van der Waals surface area (Å²) in [6, 6.07) is 13.4. The van der Waals surface area contributed by atoms with Crippen LogP contribution in [0.1, 0.15) is 77.9 Å². The van der Waals surface area contributed by atoms with Gasteiger partial charge in [0, 0.05) is 30.2 Å². The van der Waals surface area contributed by atoms with Gasteiger partial charge in [-0.05, 0) is 85.0 Å². The molecule has 2 aromatic carbocycles. The number of nitrogens with one attached hydrogen (secondary N) is 5. The summed E-state index contributed by atoms with van der Waals surface area (Å²) in [5.41, 5.74) is 5.70. The Labute approximate surface area is 354 Å². The molecule has 3 aromatic heterocycles. The Hall–Kier alpha value is -6.12. The van der Waals surface area contributed by atoms with E-state index >= 15 is 0 Å². The number of aromatic amines is 3. The van der Waals surface area contributed by atoms with Gasteiger partial charge in [0.25, 0.3) is 0 Å². The van der Waals surface area contributed by atoms with Crippen LogP contribution in [-0.4, -0.2) is 98.1 Å². The van der Waals surface area contributed by atoms with Gasteiger partial charge >= 0.3 is 12.2 Å². The predicted octanol–water partition coefficient (Wildman–Crippen LogP) is 7.05. The van der Waals surface area contributed by atoms with E-state index in [9.17, 15) is 19.2 Å². The number of hydrogen-bond donors (Lipinski definition) is 5. The van der Waals surface area contributed by atoms with Crippen LogP contribution < -0.4 is 10.6 Å². The molecule has 2 aliphatic heterocycles. The van der Waals surface area contributed by atoms with Crippen LogP contribution in [0.2, 0.25) is 0 Å². The van der Waals surface area contributed by atoms with Crippen molar-refractivity contribution < 1.29 is 28.7 Å². The van der Waals surface area contributed by atoms with E-state index in [1.54, 1.807) is 0 Å². The molecule has 4 aliphatic rings. The van der Waals surface area contributed by atoms with Crippen LogP contribution in [-0.2, 0) is 30.1 Å². The van der Waals surface area contributed by atoms with Crippen molar-refractivity contribution in [2.45, 2.75) is 89.4 Å². The third-order valence-electron chi connectivity index (χ3n) is 14.0. The summed E-state index contributed by atoms with van der Waals surface area (Å²) >= 11 is 0. The number of nitrogens with zero attached hydrogens (tertiary/aromatic N) is 4. The molecule has 2 saturated carbocycles.